The fourth-order valence-electron chi connectivity index (χ4n) is 3.53. The van der Waals surface area contributed by atoms with E-state index in [1.165, 1.54) is 21.3 Å². The lowest BCUT2D eigenvalue weighted by molar-refractivity contribution is -0.142. The number of methoxy groups -OCH3 is 3. The second-order valence-electron chi connectivity index (χ2n) is 6.60. The van der Waals surface area contributed by atoms with Crippen LogP contribution in [0.25, 0.3) is 0 Å². The highest BCUT2D eigenvalue weighted by molar-refractivity contribution is 8.04. The molecule has 3 rings (SSSR count). The van der Waals surface area contributed by atoms with E-state index in [-0.39, 0.29) is 28.4 Å². The first-order valence-corrected chi connectivity index (χ1v) is 9.90. The number of fused-ring (bicyclic) bond motifs is 1. The maximum atomic E-state index is 12.9. The van der Waals surface area contributed by atoms with Crippen molar-refractivity contribution in [3.8, 4) is 17.6 Å². The summed E-state index contributed by atoms with van der Waals surface area (Å²) < 4.78 is 15.3. The van der Waals surface area contributed by atoms with E-state index in [1.54, 1.807) is 18.2 Å². The molecule has 1 saturated heterocycles. The minimum absolute atomic E-state index is 0.0138. The number of allylic oxidation sites excluding steroid dienone is 1. The fraction of sp³-hybridized carbons (Fsp3) is 0.300. The van der Waals surface area contributed by atoms with E-state index in [4.69, 9.17) is 20.9 Å². The average Bonchev–Trinajstić information content (AvgIpc) is 3.08. The summed E-state index contributed by atoms with van der Waals surface area (Å²) in [6.45, 7) is 0. The van der Waals surface area contributed by atoms with Crippen LogP contribution < -0.4 is 20.9 Å². The van der Waals surface area contributed by atoms with Gasteiger partial charge in [0.25, 0.3) is 0 Å². The highest BCUT2D eigenvalue weighted by atomic mass is 32.2. The van der Waals surface area contributed by atoms with Crippen molar-refractivity contribution in [2.75, 3.05) is 21.3 Å². The van der Waals surface area contributed by atoms with Gasteiger partial charge in [-0.15, -0.1) is 0 Å². The number of amides is 2. The van der Waals surface area contributed by atoms with E-state index in [0.717, 1.165) is 16.7 Å². The molecule has 0 bridgehead atoms. The minimum atomic E-state index is -0.966. The van der Waals surface area contributed by atoms with Gasteiger partial charge >= 0.3 is 5.97 Å². The zero-order valence-corrected chi connectivity index (χ0v) is 17.8. The standard InChI is InChI=1S/C20H20N4O6S/c1-28-9-4-5-10(12(6-9)29-2)15-11(8-21)17(22)24-19(27)13(7-14(25)30-3)31-20(24)16(15)18(23)26/h4-6,13,15H,7,22H2,1-3H3,(H2,23,26). The predicted octanol–water partition coefficient (Wildman–Crippen LogP) is 0.699. The van der Waals surface area contributed by atoms with E-state index in [9.17, 15) is 19.6 Å². The van der Waals surface area contributed by atoms with Gasteiger partial charge in [0.2, 0.25) is 11.8 Å². The molecule has 0 saturated carbocycles. The van der Waals surface area contributed by atoms with E-state index in [2.05, 4.69) is 4.74 Å². The number of esters is 1. The second kappa shape index (κ2) is 8.61. The third-order valence-electron chi connectivity index (χ3n) is 4.99. The zero-order chi connectivity index (χ0) is 22.9. The van der Waals surface area contributed by atoms with Crippen LogP contribution >= 0.6 is 11.8 Å². The largest absolute Gasteiger partial charge is 0.497 e. The summed E-state index contributed by atoms with van der Waals surface area (Å²) >= 11 is 0.984. The Kier molecular flexibility index (Phi) is 6.12. The number of carbonyl (C=O) groups excluding carboxylic acids is 3. The Morgan fingerprint density at radius 3 is 2.52 bits per heavy atom. The lowest BCUT2D eigenvalue weighted by Crippen LogP contribution is -2.39. The van der Waals surface area contributed by atoms with Gasteiger partial charge in [0, 0.05) is 11.6 Å². The molecule has 162 valence electrons. The van der Waals surface area contributed by atoms with Gasteiger partial charge in [0.15, 0.2) is 0 Å². The highest BCUT2D eigenvalue weighted by Gasteiger charge is 2.48. The lowest BCUT2D eigenvalue weighted by Gasteiger charge is -2.32. The summed E-state index contributed by atoms with van der Waals surface area (Å²) in [5, 5.41) is 9.18. The Balaban J connectivity index is 2.23. The first-order valence-electron chi connectivity index (χ1n) is 9.02. The average molecular weight is 444 g/mol. The van der Waals surface area contributed by atoms with Crippen molar-refractivity contribution >= 4 is 29.5 Å². The van der Waals surface area contributed by atoms with Crippen LogP contribution in [0.4, 0.5) is 0 Å². The van der Waals surface area contributed by atoms with Crippen molar-refractivity contribution in [3.63, 3.8) is 0 Å². The van der Waals surface area contributed by atoms with Crippen molar-refractivity contribution in [1.82, 2.24) is 4.90 Å². The molecule has 31 heavy (non-hydrogen) atoms. The number of benzene rings is 1. The molecule has 2 atom stereocenters. The van der Waals surface area contributed by atoms with Crippen LogP contribution in [0.3, 0.4) is 0 Å². The summed E-state index contributed by atoms with van der Waals surface area (Å²) in [5.41, 5.74) is 12.3. The Labute approximate surface area is 182 Å². The molecule has 4 N–H and O–H groups in total. The van der Waals surface area contributed by atoms with Gasteiger partial charge in [-0.1, -0.05) is 17.8 Å². The lowest BCUT2D eigenvalue weighted by atomic mass is 9.82. The van der Waals surface area contributed by atoms with Gasteiger partial charge in [0.05, 0.1) is 55.9 Å². The molecule has 2 amide bonds. The Hall–Kier alpha value is -3.65. The van der Waals surface area contributed by atoms with E-state index < -0.39 is 29.0 Å². The van der Waals surface area contributed by atoms with Crippen LogP contribution in [0.1, 0.15) is 17.9 Å². The summed E-state index contributed by atoms with van der Waals surface area (Å²) in [7, 11) is 4.14. The summed E-state index contributed by atoms with van der Waals surface area (Å²) in [4.78, 5) is 38.3. The monoisotopic (exact) mass is 444 g/mol. The first kappa shape index (κ1) is 22.0. The normalized spacial score (nSPS) is 20.3. The van der Waals surface area contributed by atoms with Crippen molar-refractivity contribution < 1.29 is 28.6 Å². The molecular weight excluding hydrogens is 424 g/mol. The van der Waals surface area contributed by atoms with E-state index in [0.29, 0.717) is 17.1 Å². The number of thioether (sulfide) groups is 1. The molecule has 0 radical (unpaired) electrons. The topological polar surface area (TPSA) is 158 Å². The number of primary amides is 1. The molecule has 2 aliphatic rings. The quantitative estimate of drug-likeness (QED) is 0.602. The smallest absolute Gasteiger partial charge is 0.307 e. The summed E-state index contributed by atoms with van der Waals surface area (Å²) in [6.07, 6.45) is -0.224. The molecule has 2 heterocycles. The first-order chi connectivity index (χ1) is 14.8. The van der Waals surface area contributed by atoms with Gasteiger partial charge in [0.1, 0.15) is 22.6 Å². The predicted molar refractivity (Wildman–Crippen MR) is 110 cm³/mol. The summed E-state index contributed by atoms with van der Waals surface area (Å²) in [5.74, 6) is -2.20. The van der Waals surface area contributed by atoms with E-state index >= 15 is 0 Å². The molecule has 0 aromatic heterocycles. The third kappa shape index (κ3) is 3.66. The Morgan fingerprint density at radius 2 is 1.97 bits per heavy atom. The molecule has 0 aliphatic carbocycles. The minimum Gasteiger partial charge on any atom is -0.497 e. The number of hydrogen-bond donors (Lipinski definition) is 2. The van der Waals surface area contributed by atoms with Gasteiger partial charge < -0.3 is 25.7 Å². The number of ether oxygens (including phenoxy) is 3. The van der Waals surface area contributed by atoms with Crippen molar-refractivity contribution in [3.05, 3.63) is 45.8 Å². The van der Waals surface area contributed by atoms with Crippen LogP contribution in [-0.4, -0.2) is 49.3 Å². The number of carbonyl (C=O) groups is 3. The Bertz CT molecular complexity index is 1070. The maximum absolute atomic E-state index is 12.9. The summed E-state index contributed by atoms with van der Waals surface area (Å²) in [6, 6.07) is 6.88. The number of nitrogens with zero attached hydrogens (tertiary/aromatic N) is 2. The van der Waals surface area contributed by atoms with E-state index in [1.807, 2.05) is 6.07 Å². The van der Waals surface area contributed by atoms with Crippen LogP contribution in [0.5, 0.6) is 11.5 Å². The molecule has 11 heteroatoms. The molecule has 10 nitrogen and oxygen atoms in total. The molecule has 1 aromatic rings. The van der Waals surface area contributed by atoms with Crippen LogP contribution in [0.2, 0.25) is 0 Å². The van der Waals surface area contributed by atoms with Crippen LogP contribution in [-0.2, 0) is 19.1 Å². The molecule has 2 aliphatic heterocycles. The van der Waals surface area contributed by atoms with Crippen molar-refractivity contribution in [1.29, 1.82) is 5.26 Å². The second-order valence-corrected chi connectivity index (χ2v) is 7.79. The van der Waals surface area contributed by atoms with Crippen molar-refractivity contribution in [2.24, 2.45) is 11.5 Å². The third-order valence-corrected chi connectivity index (χ3v) is 6.27. The molecule has 1 fully saturated rings. The number of nitriles is 1. The SMILES string of the molecule is COC(=O)CC1SC2=C(C(N)=O)C(c3ccc(OC)cc3OC)C(C#N)=C(N)N2C1=O. The van der Waals surface area contributed by atoms with Gasteiger partial charge in [-0.25, -0.2) is 0 Å². The highest BCUT2D eigenvalue weighted by Crippen LogP contribution is 2.51. The fourth-order valence-corrected chi connectivity index (χ4v) is 4.87. The van der Waals surface area contributed by atoms with Crippen LogP contribution in [0.15, 0.2) is 40.2 Å². The molecule has 1 aromatic carbocycles. The van der Waals surface area contributed by atoms with Crippen LogP contribution in [0, 0.1) is 11.3 Å². The van der Waals surface area contributed by atoms with Crippen molar-refractivity contribution in [2.45, 2.75) is 17.6 Å². The van der Waals surface area contributed by atoms with Gasteiger partial charge in [-0.3, -0.25) is 19.3 Å². The Morgan fingerprint density at radius 1 is 1.26 bits per heavy atom. The van der Waals surface area contributed by atoms with Gasteiger partial charge in [-0.05, 0) is 6.07 Å². The molecule has 2 unspecified atom stereocenters. The van der Waals surface area contributed by atoms with Gasteiger partial charge in [-0.2, -0.15) is 5.26 Å². The molecule has 0 spiro atoms. The zero-order valence-electron chi connectivity index (χ0n) is 17.0. The number of nitrogens with two attached hydrogens (primary N) is 2. The maximum Gasteiger partial charge on any atom is 0.307 e. The molecular formula is C20H20N4O6S. The number of rotatable bonds is 6. The number of hydrogen-bond acceptors (Lipinski definition) is 9.